The van der Waals surface area contributed by atoms with Gasteiger partial charge in [-0.3, -0.25) is 9.79 Å². The van der Waals surface area contributed by atoms with Crippen LogP contribution in [0.25, 0.3) is 0 Å². The molecule has 0 aromatic rings. The summed E-state index contributed by atoms with van der Waals surface area (Å²) in [7, 11) is 3.56. The molecule has 124 valence electrons. The smallest absolute Gasteiger partial charge is 0.223 e. The molecule has 1 N–H and O–H groups in total. The van der Waals surface area contributed by atoms with Gasteiger partial charge < -0.3 is 15.1 Å². The van der Waals surface area contributed by atoms with Gasteiger partial charge in [0.25, 0.3) is 0 Å². The molecule has 1 amide bonds. The van der Waals surface area contributed by atoms with E-state index < -0.39 is 0 Å². The predicted octanol–water partition coefficient (Wildman–Crippen LogP) is 1.88. The summed E-state index contributed by atoms with van der Waals surface area (Å²) in [6, 6.07) is 0. The van der Waals surface area contributed by atoms with Crippen molar-refractivity contribution in [1.29, 1.82) is 0 Å². The van der Waals surface area contributed by atoms with Gasteiger partial charge in [-0.15, -0.1) is 24.0 Å². The lowest BCUT2D eigenvalue weighted by atomic mass is 10.2. The molecule has 0 aromatic heterocycles. The molecule has 0 radical (unpaired) electrons. The van der Waals surface area contributed by atoms with Gasteiger partial charge in [0.15, 0.2) is 5.96 Å². The van der Waals surface area contributed by atoms with Crippen LogP contribution < -0.4 is 5.32 Å². The van der Waals surface area contributed by atoms with Crippen molar-refractivity contribution in [2.24, 2.45) is 4.99 Å². The van der Waals surface area contributed by atoms with Crippen molar-refractivity contribution < 1.29 is 4.79 Å². The van der Waals surface area contributed by atoms with Gasteiger partial charge in [-0.05, 0) is 20.8 Å². The number of carbonyl (C=O) groups is 1. The zero-order chi connectivity index (χ0) is 15.2. The van der Waals surface area contributed by atoms with Gasteiger partial charge in [-0.2, -0.15) is 11.8 Å². The Hall–Kier alpha value is -0.180. The van der Waals surface area contributed by atoms with Crippen LogP contribution in [0.3, 0.4) is 0 Å². The average Bonchev–Trinajstić information content (AvgIpc) is 2.36. The number of guanidine groups is 1. The Kier molecular flexibility index (Phi) is 9.68. The Bertz CT molecular complexity index is 361. The van der Waals surface area contributed by atoms with E-state index in [1.54, 1.807) is 19.0 Å². The molecule has 1 fully saturated rings. The van der Waals surface area contributed by atoms with Crippen molar-refractivity contribution in [3.05, 3.63) is 0 Å². The lowest BCUT2D eigenvalue weighted by Gasteiger charge is -2.39. The lowest BCUT2D eigenvalue weighted by Crippen LogP contribution is -2.51. The van der Waals surface area contributed by atoms with Crippen molar-refractivity contribution in [3.8, 4) is 0 Å². The summed E-state index contributed by atoms with van der Waals surface area (Å²) in [6.07, 6.45) is 0.466. The van der Waals surface area contributed by atoms with Crippen molar-refractivity contribution >= 4 is 47.6 Å². The van der Waals surface area contributed by atoms with Crippen LogP contribution in [0.2, 0.25) is 0 Å². The number of hydrogen-bond donors (Lipinski definition) is 1. The van der Waals surface area contributed by atoms with E-state index in [9.17, 15) is 4.79 Å². The highest BCUT2D eigenvalue weighted by molar-refractivity contribution is 14.0. The molecule has 0 unspecified atom stereocenters. The molecule has 0 aliphatic carbocycles. The van der Waals surface area contributed by atoms with E-state index in [-0.39, 0.29) is 34.6 Å². The van der Waals surface area contributed by atoms with E-state index in [0.29, 0.717) is 13.0 Å². The van der Waals surface area contributed by atoms with Gasteiger partial charge in [-0.25, -0.2) is 0 Å². The first-order chi connectivity index (χ1) is 9.35. The number of thioether (sulfide) groups is 1. The van der Waals surface area contributed by atoms with E-state index in [2.05, 4.69) is 36.0 Å². The molecule has 5 nitrogen and oxygen atoms in total. The summed E-state index contributed by atoms with van der Waals surface area (Å²) in [5, 5.41) is 3.33. The summed E-state index contributed by atoms with van der Waals surface area (Å²) >= 11 is 2.01. The number of carbonyl (C=O) groups excluding carboxylic acids is 1. The first-order valence-electron chi connectivity index (χ1n) is 7.23. The number of halogens is 1. The minimum absolute atomic E-state index is 0. The maximum absolute atomic E-state index is 11.6. The second-order valence-corrected chi connectivity index (χ2v) is 7.61. The first kappa shape index (κ1) is 20.8. The second kappa shape index (κ2) is 9.76. The van der Waals surface area contributed by atoms with Gasteiger partial charge in [-0.1, -0.05) is 0 Å². The van der Waals surface area contributed by atoms with Crippen molar-refractivity contribution in [2.45, 2.75) is 31.9 Å². The zero-order valence-corrected chi connectivity index (χ0v) is 17.0. The molecule has 1 heterocycles. The Labute approximate surface area is 150 Å². The van der Waals surface area contributed by atoms with Gasteiger partial charge in [0, 0.05) is 50.7 Å². The predicted molar refractivity (Wildman–Crippen MR) is 103 cm³/mol. The Morgan fingerprint density at radius 1 is 1.43 bits per heavy atom. The van der Waals surface area contributed by atoms with Crippen LogP contribution in [0.4, 0.5) is 0 Å². The number of aliphatic imine (C=N–C) groups is 1. The third-order valence-corrected chi connectivity index (χ3v) is 4.44. The molecule has 0 bridgehead atoms. The summed E-state index contributed by atoms with van der Waals surface area (Å²) < 4.78 is 0.258. The van der Waals surface area contributed by atoms with Crippen LogP contribution in [0.5, 0.6) is 0 Å². The second-order valence-electron chi connectivity index (χ2n) is 5.80. The largest absolute Gasteiger partial charge is 0.357 e. The van der Waals surface area contributed by atoms with Crippen LogP contribution in [-0.2, 0) is 4.79 Å². The number of amides is 1. The molecule has 1 aliphatic heterocycles. The fourth-order valence-electron chi connectivity index (χ4n) is 2.10. The van der Waals surface area contributed by atoms with Crippen LogP contribution in [0.1, 0.15) is 27.2 Å². The minimum atomic E-state index is 0. The van der Waals surface area contributed by atoms with Crippen LogP contribution >= 0.6 is 35.7 Å². The first-order valence-corrected chi connectivity index (χ1v) is 8.21. The molecule has 0 saturated carbocycles. The van der Waals surface area contributed by atoms with Crippen molar-refractivity contribution in [3.63, 3.8) is 0 Å². The third kappa shape index (κ3) is 7.58. The van der Waals surface area contributed by atoms with Crippen LogP contribution in [0.15, 0.2) is 4.99 Å². The van der Waals surface area contributed by atoms with Crippen LogP contribution in [0, 0.1) is 0 Å². The van der Waals surface area contributed by atoms with Crippen molar-refractivity contribution in [2.75, 3.05) is 46.0 Å². The fourth-order valence-corrected chi connectivity index (χ4v) is 3.22. The van der Waals surface area contributed by atoms with E-state index in [4.69, 9.17) is 0 Å². The lowest BCUT2D eigenvalue weighted by molar-refractivity contribution is -0.128. The molecular formula is C14H29IN4OS. The molecule has 0 atom stereocenters. The quantitative estimate of drug-likeness (QED) is 0.422. The topological polar surface area (TPSA) is 47.9 Å². The van der Waals surface area contributed by atoms with Crippen molar-refractivity contribution in [1.82, 2.24) is 15.1 Å². The molecule has 21 heavy (non-hydrogen) atoms. The van der Waals surface area contributed by atoms with Gasteiger partial charge in [0.1, 0.15) is 0 Å². The number of rotatable bonds is 4. The number of nitrogens with one attached hydrogen (secondary N) is 1. The number of hydrogen-bond acceptors (Lipinski definition) is 3. The molecule has 1 rings (SSSR count). The molecule has 0 spiro atoms. The maximum atomic E-state index is 11.6. The Morgan fingerprint density at radius 3 is 2.62 bits per heavy atom. The normalized spacial score (nSPS) is 18.0. The molecular weight excluding hydrogens is 399 g/mol. The highest BCUT2D eigenvalue weighted by Crippen LogP contribution is 2.29. The highest BCUT2D eigenvalue weighted by Gasteiger charge is 2.28. The summed E-state index contributed by atoms with van der Waals surface area (Å²) in [4.78, 5) is 20.1. The van der Waals surface area contributed by atoms with Crippen LogP contribution in [-0.4, -0.2) is 72.4 Å². The van der Waals surface area contributed by atoms with E-state index in [0.717, 1.165) is 31.3 Å². The minimum Gasteiger partial charge on any atom is -0.357 e. The highest BCUT2D eigenvalue weighted by atomic mass is 127. The maximum Gasteiger partial charge on any atom is 0.223 e. The summed E-state index contributed by atoms with van der Waals surface area (Å²) in [5.74, 6) is 2.18. The Balaban J connectivity index is 0.00000400. The molecule has 7 heteroatoms. The third-order valence-electron chi connectivity index (χ3n) is 3.15. The molecule has 0 aromatic carbocycles. The zero-order valence-electron chi connectivity index (χ0n) is 13.8. The van der Waals surface area contributed by atoms with Gasteiger partial charge in [0.2, 0.25) is 5.91 Å². The molecule has 1 aliphatic rings. The van der Waals surface area contributed by atoms with E-state index in [1.807, 2.05) is 11.8 Å². The average molecular weight is 428 g/mol. The standard InChI is InChI=1S/C14H28N4OS.HI/c1-6-15-13(16-8-7-12(19)17(4)5)18-9-10-20-14(2,3)11-18;/h6-11H2,1-5H3,(H,15,16);1H. The van der Waals surface area contributed by atoms with E-state index in [1.165, 1.54) is 0 Å². The fraction of sp³-hybridized carbons (Fsp3) is 0.857. The molecule has 1 saturated heterocycles. The summed E-state index contributed by atoms with van der Waals surface area (Å²) in [6.45, 7) is 10.0. The SMILES string of the molecule is CCNC(=NCCC(=O)N(C)C)N1CCSC(C)(C)C1.I. The van der Waals surface area contributed by atoms with Gasteiger partial charge in [0.05, 0.1) is 6.54 Å². The monoisotopic (exact) mass is 428 g/mol. The van der Waals surface area contributed by atoms with E-state index >= 15 is 0 Å². The summed E-state index contributed by atoms with van der Waals surface area (Å²) in [5.41, 5.74) is 0. The Morgan fingerprint density at radius 2 is 2.10 bits per heavy atom. The number of nitrogens with zero attached hydrogens (tertiary/aromatic N) is 3. The van der Waals surface area contributed by atoms with Gasteiger partial charge >= 0.3 is 0 Å².